The van der Waals surface area contributed by atoms with E-state index in [1.807, 2.05) is 6.92 Å². The van der Waals surface area contributed by atoms with Gasteiger partial charge in [-0.05, 0) is 13.8 Å². The summed E-state index contributed by atoms with van der Waals surface area (Å²) >= 11 is 0. The summed E-state index contributed by atoms with van der Waals surface area (Å²) in [7, 11) is 0. The molecule has 1 aromatic rings. The van der Waals surface area contributed by atoms with Crippen LogP contribution in [0.5, 0.6) is 0 Å². The zero-order valence-electron chi connectivity index (χ0n) is 14.4. The van der Waals surface area contributed by atoms with Crippen LogP contribution in [0.4, 0.5) is 0 Å². The van der Waals surface area contributed by atoms with Gasteiger partial charge in [0.2, 0.25) is 5.89 Å². The second-order valence-corrected chi connectivity index (χ2v) is 6.89. The van der Waals surface area contributed by atoms with Gasteiger partial charge in [0.1, 0.15) is 12.1 Å². The zero-order valence-corrected chi connectivity index (χ0v) is 14.4. The molecule has 0 bridgehead atoms. The molecule has 2 aliphatic rings. The van der Waals surface area contributed by atoms with Crippen molar-refractivity contribution in [1.82, 2.24) is 19.9 Å². The molecule has 0 spiro atoms. The summed E-state index contributed by atoms with van der Waals surface area (Å²) in [5, 5.41) is 4.04. The van der Waals surface area contributed by atoms with Crippen LogP contribution < -0.4 is 0 Å². The summed E-state index contributed by atoms with van der Waals surface area (Å²) in [6.45, 7) is 11.7. The average molecular weight is 322 g/mol. The van der Waals surface area contributed by atoms with Crippen LogP contribution in [0, 0.1) is 0 Å². The van der Waals surface area contributed by atoms with Crippen molar-refractivity contribution in [2.45, 2.75) is 58.2 Å². The van der Waals surface area contributed by atoms with E-state index in [9.17, 15) is 4.79 Å². The van der Waals surface area contributed by atoms with Gasteiger partial charge in [0.25, 0.3) is 0 Å². The number of hydrogen-bond acceptors (Lipinski definition) is 7. The van der Waals surface area contributed by atoms with Crippen LogP contribution in [-0.4, -0.2) is 64.2 Å². The van der Waals surface area contributed by atoms with Crippen molar-refractivity contribution in [2.24, 2.45) is 0 Å². The van der Waals surface area contributed by atoms with Gasteiger partial charge >= 0.3 is 5.97 Å². The van der Waals surface area contributed by atoms with Crippen LogP contribution in [0.1, 0.15) is 57.8 Å². The maximum Gasteiger partial charge on any atom is 0.323 e. The zero-order chi connectivity index (χ0) is 16.6. The van der Waals surface area contributed by atoms with Gasteiger partial charge in [0.05, 0.1) is 6.04 Å². The number of ether oxygens (including phenoxy) is 1. The minimum Gasteiger partial charge on any atom is -0.461 e. The number of aromatic nitrogens is 2. The fourth-order valence-corrected chi connectivity index (χ4v) is 3.28. The van der Waals surface area contributed by atoms with Crippen molar-refractivity contribution in [3.63, 3.8) is 0 Å². The Kier molecular flexibility index (Phi) is 4.68. The Hall–Kier alpha value is -1.47. The van der Waals surface area contributed by atoms with Crippen molar-refractivity contribution < 1.29 is 14.1 Å². The van der Waals surface area contributed by atoms with Gasteiger partial charge in [0, 0.05) is 38.5 Å². The van der Waals surface area contributed by atoms with E-state index >= 15 is 0 Å². The lowest BCUT2D eigenvalue weighted by Gasteiger charge is -2.38. The molecule has 2 fully saturated rings. The first-order valence-electron chi connectivity index (χ1n) is 8.47. The van der Waals surface area contributed by atoms with E-state index in [1.165, 1.54) is 0 Å². The fraction of sp³-hybridized carbons (Fsp3) is 0.812. The molecule has 23 heavy (non-hydrogen) atoms. The molecule has 0 saturated carbocycles. The molecule has 0 radical (unpaired) electrons. The quantitative estimate of drug-likeness (QED) is 0.779. The molecule has 0 N–H and O–H groups in total. The summed E-state index contributed by atoms with van der Waals surface area (Å²) in [4.78, 5) is 20.9. The number of carbonyl (C=O) groups excluding carboxylic acids is 1. The van der Waals surface area contributed by atoms with Gasteiger partial charge in [-0.3, -0.25) is 14.6 Å². The minimum absolute atomic E-state index is 0.0392. The third-order valence-corrected chi connectivity index (χ3v) is 4.81. The predicted molar refractivity (Wildman–Crippen MR) is 83.9 cm³/mol. The molecule has 1 aromatic heterocycles. The topological polar surface area (TPSA) is 71.7 Å². The number of esters is 1. The van der Waals surface area contributed by atoms with Crippen LogP contribution in [0.15, 0.2) is 4.52 Å². The lowest BCUT2D eigenvalue weighted by atomic mass is 10.1. The molecule has 3 unspecified atom stereocenters. The first-order chi connectivity index (χ1) is 11.0. The second-order valence-electron chi connectivity index (χ2n) is 6.89. The van der Waals surface area contributed by atoms with Gasteiger partial charge in [-0.1, -0.05) is 19.0 Å². The second kappa shape index (κ2) is 6.57. The number of nitrogens with zero attached hydrogens (tertiary/aromatic N) is 4. The molecule has 2 aliphatic heterocycles. The van der Waals surface area contributed by atoms with Gasteiger partial charge in [-0.25, -0.2) is 0 Å². The van der Waals surface area contributed by atoms with Gasteiger partial charge < -0.3 is 9.26 Å². The van der Waals surface area contributed by atoms with Gasteiger partial charge in [0.15, 0.2) is 5.82 Å². The molecule has 3 atom stereocenters. The maximum atomic E-state index is 11.9. The minimum atomic E-state index is -0.0718. The number of hydrogen-bond donors (Lipinski definition) is 0. The SMILES string of the molecule is CC1CC(N2CCN(C(C)c3nc(C(C)C)no3)CC2)C(=O)O1. The van der Waals surface area contributed by atoms with E-state index in [0.717, 1.165) is 38.4 Å². The van der Waals surface area contributed by atoms with Crippen LogP contribution in [0.25, 0.3) is 0 Å². The Balaban J connectivity index is 1.56. The Morgan fingerprint density at radius 3 is 2.39 bits per heavy atom. The van der Waals surface area contributed by atoms with E-state index in [0.29, 0.717) is 5.89 Å². The molecule has 7 nitrogen and oxygen atoms in total. The number of carbonyl (C=O) groups is 1. The first kappa shape index (κ1) is 16.4. The Labute approximate surface area is 137 Å². The van der Waals surface area contributed by atoms with Crippen LogP contribution in [0.3, 0.4) is 0 Å². The predicted octanol–water partition coefficient (Wildman–Crippen LogP) is 1.58. The highest BCUT2D eigenvalue weighted by Gasteiger charge is 2.38. The van der Waals surface area contributed by atoms with Crippen molar-refractivity contribution >= 4 is 5.97 Å². The molecule has 0 aromatic carbocycles. The number of rotatable bonds is 4. The molecule has 2 saturated heterocycles. The average Bonchev–Trinajstić information content (AvgIpc) is 3.13. The van der Waals surface area contributed by atoms with Crippen LogP contribution >= 0.6 is 0 Å². The summed E-state index contributed by atoms with van der Waals surface area (Å²) in [6.07, 6.45) is 0.841. The first-order valence-corrected chi connectivity index (χ1v) is 8.47. The van der Waals surface area contributed by atoms with E-state index < -0.39 is 0 Å². The van der Waals surface area contributed by atoms with E-state index in [-0.39, 0.29) is 30.1 Å². The molecule has 0 aliphatic carbocycles. The molecule has 3 rings (SSSR count). The summed E-state index contributed by atoms with van der Waals surface area (Å²) < 4.78 is 10.7. The summed E-state index contributed by atoms with van der Waals surface area (Å²) in [5.41, 5.74) is 0. The van der Waals surface area contributed by atoms with E-state index in [4.69, 9.17) is 9.26 Å². The standard InChI is InChI=1S/C16H26N4O3/c1-10(2)14-17-15(23-18-14)12(4)19-5-7-20(8-6-19)13-9-11(3)22-16(13)21/h10-13H,5-9H2,1-4H3. The largest absolute Gasteiger partial charge is 0.461 e. The number of piperazine rings is 1. The smallest absolute Gasteiger partial charge is 0.323 e. The van der Waals surface area contributed by atoms with E-state index in [2.05, 4.69) is 40.7 Å². The fourth-order valence-electron chi connectivity index (χ4n) is 3.28. The third kappa shape index (κ3) is 3.40. The molecule has 3 heterocycles. The van der Waals surface area contributed by atoms with Crippen LogP contribution in [-0.2, 0) is 9.53 Å². The van der Waals surface area contributed by atoms with Crippen LogP contribution in [0.2, 0.25) is 0 Å². The molecule has 7 heteroatoms. The third-order valence-electron chi connectivity index (χ3n) is 4.81. The molecular formula is C16H26N4O3. The lowest BCUT2D eigenvalue weighted by molar-refractivity contribution is -0.145. The highest BCUT2D eigenvalue weighted by molar-refractivity contribution is 5.78. The summed E-state index contributed by atoms with van der Waals surface area (Å²) in [6, 6.07) is 0.0324. The van der Waals surface area contributed by atoms with Crippen molar-refractivity contribution in [3.05, 3.63) is 11.7 Å². The molecular weight excluding hydrogens is 296 g/mol. The van der Waals surface area contributed by atoms with Crippen molar-refractivity contribution in [1.29, 1.82) is 0 Å². The summed E-state index contributed by atoms with van der Waals surface area (Å²) in [5.74, 6) is 1.63. The van der Waals surface area contributed by atoms with E-state index in [1.54, 1.807) is 0 Å². The highest BCUT2D eigenvalue weighted by Crippen LogP contribution is 2.25. The van der Waals surface area contributed by atoms with Gasteiger partial charge in [-0.2, -0.15) is 4.98 Å². The lowest BCUT2D eigenvalue weighted by Crippen LogP contribution is -2.52. The van der Waals surface area contributed by atoms with Crippen molar-refractivity contribution in [3.8, 4) is 0 Å². The monoisotopic (exact) mass is 322 g/mol. The number of cyclic esters (lactones) is 1. The van der Waals surface area contributed by atoms with Gasteiger partial charge in [-0.15, -0.1) is 0 Å². The maximum absolute atomic E-state index is 11.9. The molecule has 128 valence electrons. The Morgan fingerprint density at radius 2 is 1.87 bits per heavy atom. The Morgan fingerprint density at radius 1 is 1.17 bits per heavy atom. The highest BCUT2D eigenvalue weighted by atomic mass is 16.6. The van der Waals surface area contributed by atoms with Crippen molar-refractivity contribution in [2.75, 3.05) is 26.2 Å². The Bertz CT molecular complexity index is 551. The molecule has 0 amide bonds. The normalized spacial score (nSPS) is 28.3.